The molecule has 2 fully saturated rings. The molecular weight excluding hydrogens is 535 g/mol. The van der Waals surface area contributed by atoms with E-state index >= 15 is 0 Å². The molecule has 0 aliphatic heterocycles. The Morgan fingerprint density at radius 1 is 1.12 bits per heavy atom. The van der Waals surface area contributed by atoms with Crippen molar-refractivity contribution in [1.29, 1.82) is 0 Å². The fourth-order valence-electron chi connectivity index (χ4n) is 6.10. The fourth-order valence-corrected chi connectivity index (χ4v) is 6.10. The van der Waals surface area contributed by atoms with Crippen molar-refractivity contribution in [3.63, 3.8) is 0 Å². The van der Waals surface area contributed by atoms with Crippen LogP contribution in [0, 0.1) is 5.92 Å². The molecule has 0 saturated heterocycles. The van der Waals surface area contributed by atoms with Gasteiger partial charge in [0.05, 0.1) is 29.4 Å². The van der Waals surface area contributed by atoms with Crippen molar-refractivity contribution in [2.45, 2.75) is 69.9 Å². The second-order valence-electron chi connectivity index (χ2n) is 11.2. The van der Waals surface area contributed by atoms with Gasteiger partial charge in [0.1, 0.15) is 11.6 Å². The molecule has 0 spiro atoms. The van der Waals surface area contributed by atoms with Crippen molar-refractivity contribution < 1.29 is 27.8 Å². The summed E-state index contributed by atoms with van der Waals surface area (Å²) in [6.07, 6.45) is 3.90. The number of ether oxygens (including phenoxy) is 1. The number of fused-ring (bicyclic) bond motifs is 1. The molecular formula is C30H32F3N5O3. The lowest BCUT2D eigenvalue weighted by atomic mass is 9.85. The zero-order chi connectivity index (χ0) is 28.9. The minimum atomic E-state index is -4.97. The molecule has 2 aliphatic carbocycles. The van der Waals surface area contributed by atoms with Crippen LogP contribution in [0.2, 0.25) is 0 Å². The van der Waals surface area contributed by atoms with Crippen LogP contribution in [-0.2, 0) is 13.6 Å². The Bertz CT molecular complexity index is 1600. The van der Waals surface area contributed by atoms with Crippen molar-refractivity contribution in [3.05, 3.63) is 53.9 Å². The van der Waals surface area contributed by atoms with E-state index in [-0.39, 0.29) is 28.8 Å². The van der Waals surface area contributed by atoms with Gasteiger partial charge in [0.15, 0.2) is 0 Å². The molecule has 1 unspecified atom stereocenters. The zero-order valence-electron chi connectivity index (χ0n) is 22.7. The summed E-state index contributed by atoms with van der Waals surface area (Å²) in [6.45, 7) is 0.395. The molecule has 11 heteroatoms. The summed E-state index contributed by atoms with van der Waals surface area (Å²) in [5.74, 6) is -0.635. The maximum absolute atomic E-state index is 13.4. The highest BCUT2D eigenvalue weighted by atomic mass is 19.4. The Hall–Kier alpha value is -3.86. The molecule has 2 aromatic carbocycles. The largest absolute Gasteiger partial charge is 0.573 e. The van der Waals surface area contributed by atoms with Gasteiger partial charge in [0, 0.05) is 41.4 Å². The number of aliphatic hydroxyl groups excluding tert-OH is 1. The number of hydrogen-bond donors (Lipinski definition) is 2. The van der Waals surface area contributed by atoms with E-state index in [2.05, 4.69) is 4.74 Å². The van der Waals surface area contributed by atoms with Gasteiger partial charge < -0.3 is 20.1 Å². The topological polar surface area (TPSA) is 108 Å². The minimum Gasteiger partial charge on any atom is -0.405 e. The van der Waals surface area contributed by atoms with Crippen LogP contribution < -0.4 is 10.5 Å². The molecule has 1 atom stereocenters. The van der Waals surface area contributed by atoms with Crippen LogP contribution in [0.4, 0.5) is 13.2 Å². The van der Waals surface area contributed by atoms with E-state index in [0.717, 1.165) is 66.8 Å². The Balaban J connectivity index is 1.43. The lowest BCUT2D eigenvalue weighted by Gasteiger charge is -2.26. The van der Waals surface area contributed by atoms with E-state index in [4.69, 9.17) is 15.8 Å². The maximum Gasteiger partial charge on any atom is 0.573 e. The van der Waals surface area contributed by atoms with Gasteiger partial charge in [0.25, 0.3) is 0 Å². The number of alkyl halides is 3. The highest BCUT2D eigenvalue weighted by molar-refractivity contribution is 5.96. The first-order chi connectivity index (χ1) is 19.6. The summed E-state index contributed by atoms with van der Waals surface area (Å²) in [5, 5.41) is 16.5. The number of amides is 1. The van der Waals surface area contributed by atoms with Crippen LogP contribution in [-0.4, -0.2) is 42.8 Å². The number of aliphatic hydroxyl groups is 1. The summed E-state index contributed by atoms with van der Waals surface area (Å²) in [6, 6.07) is 9.48. The number of rotatable bonds is 8. The van der Waals surface area contributed by atoms with Gasteiger partial charge >= 0.3 is 6.36 Å². The monoisotopic (exact) mass is 567 g/mol. The molecule has 3 N–H and O–H groups in total. The van der Waals surface area contributed by atoms with Gasteiger partial charge in [-0.2, -0.15) is 5.10 Å². The Labute approximate surface area is 234 Å². The van der Waals surface area contributed by atoms with E-state index in [1.807, 2.05) is 29.0 Å². The van der Waals surface area contributed by atoms with E-state index in [9.17, 15) is 23.1 Å². The van der Waals surface area contributed by atoms with Crippen LogP contribution in [0.3, 0.4) is 0 Å². The van der Waals surface area contributed by atoms with Gasteiger partial charge in [0.2, 0.25) is 5.91 Å². The number of carbonyl (C=O) groups is 1. The van der Waals surface area contributed by atoms with E-state index < -0.39 is 24.1 Å². The first-order valence-electron chi connectivity index (χ1n) is 14.0. The summed E-state index contributed by atoms with van der Waals surface area (Å²) in [7, 11) is 1.78. The summed E-state index contributed by atoms with van der Waals surface area (Å²) >= 11 is 0. The normalized spacial score (nSPS) is 17.2. The number of nitrogens with zero attached hydrogens (tertiary/aromatic N) is 4. The fraction of sp³-hybridized carbons (Fsp3) is 0.433. The van der Waals surface area contributed by atoms with Crippen molar-refractivity contribution >= 4 is 16.8 Å². The molecule has 8 nitrogen and oxygen atoms in total. The highest BCUT2D eigenvalue weighted by Crippen LogP contribution is 2.47. The first kappa shape index (κ1) is 27.3. The highest BCUT2D eigenvalue weighted by Gasteiger charge is 2.36. The summed E-state index contributed by atoms with van der Waals surface area (Å²) in [5.41, 5.74) is 8.47. The van der Waals surface area contributed by atoms with E-state index in [1.165, 1.54) is 18.6 Å². The lowest BCUT2D eigenvalue weighted by molar-refractivity contribution is -0.274. The molecule has 2 heterocycles. The first-order valence-corrected chi connectivity index (χ1v) is 14.0. The van der Waals surface area contributed by atoms with Gasteiger partial charge in [-0.1, -0.05) is 31.4 Å². The summed E-state index contributed by atoms with van der Waals surface area (Å²) in [4.78, 5) is 16.6. The second-order valence-corrected chi connectivity index (χ2v) is 11.2. The average Bonchev–Trinajstić information content (AvgIpc) is 3.59. The van der Waals surface area contributed by atoms with Gasteiger partial charge in [-0.3, -0.25) is 9.48 Å². The quantitative estimate of drug-likeness (QED) is 0.275. The zero-order valence-corrected chi connectivity index (χ0v) is 22.7. The Morgan fingerprint density at radius 2 is 1.88 bits per heavy atom. The molecule has 216 valence electrons. The second kappa shape index (κ2) is 10.5. The van der Waals surface area contributed by atoms with E-state index in [0.29, 0.717) is 12.2 Å². The molecule has 2 saturated carbocycles. The predicted octanol–water partition coefficient (Wildman–Crippen LogP) is 5.92. The minimum absolute atomic E-state index is 0.0986. The standard InChI is InChI=1S/C30H32F3N5O3/c1-37-27(18-10-11-18)26(35-29(37)21-13-12-19(28(34)40)14-25(21)41-30(31,32)33)20-8-5-9-23-22(20)15-38(36-23)16-24(39)17-6-3-2-4-7-17/h5,8-9,12-15,17-18,24,39H,2-4,6-7,10-11,16H2,1H3,(H2,34,40). The van der Waals surface area contributed by atoms with Crippen LogP contribution in [0.1, 0.15) is 66.9 Å². The van der Waals surface area contributed by atoms with Crippen molar-refractivity contribution in [2.75, 3.05) is 0 Å². The molecule has 41 heavy (non-hydrogen) atoms. The third-order valence-corrected chi connectivity index (χ3v) is 8.26. The van der Waals surface area contributed by atoms with Gasteiger partial charge in [-0.25, -0.2) is 4.98 Å². The Kier molecular flexibility index (Phi) is 7.01. The number of nitrogens with two attached hydrogens (primary N) is 1. The average molecular weight is 568 g/mol. The number of primary amides is 1. The smallest absolute Gasteiger partial charge is 0.405 e. The van der Waals surface area contributed by atoms with Crippen LogP contribution in [0.25, 0.3) is 33.5 Å². The van der Waals surface area contributed by atoms with Crippen LogP contribution in [0.15, 0.2) is 42.6 Å². The van der Waals surface area contributed by atoms with Crippen LogP contribution in [0.5, 0.6) is 5.75 Å². The molecule has 1 amide bonds. The number of carbonyl (C=O) groups excluding carboxylic acids is 1. The van der Waals surface area contributed by atoms with Crippen molar-refractivity contribution in [1.82, 2.24) is 19.3 Å². The predicted molar refractivity (Wildman–Crippen MR) is 147 cm³/mol. The molecule has 0 radical (unpaired) electrons. The number of halogens is 3. The molecule has 6 rings (SSSR count). The van der Waals surface area contributed by atoms with Crippen molar-refractivity contribution in [3.8, 4) is 28.4 Å². The van der Waals surface area contributed by atoms with E-state index in [1.54, 1.807) is 11.7 Å². The number of imidazole rings is 1. The number of hydrogen-bond acceptors (Lipinski definition) is 5. The van der Waals surface area contributed by atoms with Gasteiger partial charge in [-0.05, 0) is 55.9 Å². The molecule has 2 aromatic heterocycles. The van der Waals surface area contributed by atoms with Crippen LogP contribution >= 0.6 is 0 Å². The lowest BCUT2D eigenvalue weighted by Crippen LogP contribution is -2.27. The molecule has 2 aliphatic rings. The molecule has 4 aromatic rings. The third kappa shape index (κ3) is 5.55. The third-order valence-electron chi connectivity index (χ3n) is 8.26. The SMILES string of the molecule is Cn1c(-c2ccc(C(N)=O)cc2OC(F)(F)F)nc(-c2cccc3nn(CC(O)C4CCCCC4)cc23)c1C1CC1. The number of aromatic nitrogens is 4. The van der Waals surface area contributed by atoms with Gasteiger partial charge in [-0.15, -0.1) is 13.2 Å². The Morgan fingerprint density at radius 3 is 2.56 bits per heavy atom. The maximum atomic E-state index is 13.4. The van der Waals surface area contributed by atoms with Crippen molar-refractivity contribution in [2.24, 2.45) is 18.7 Å². The molecule has 0 bridgehead atoms. The number of benzene rings is 2. The summed E-state index contributed by atoms with van der Waals surface area (Å²) < 4.78 is 48.0.